The van der Waals surface area contributed by atoms with Crippen molar-refractivity contribution in [1.29, 1.82) is 0 Å². The Balaban J connectivity index is 2.85. The quantitative estimate of drug-likeness (QED) is 0.649. The topological polar surface area (TPSA) is 17.3 Å². The van der Waals surface area contributed by atoms with Crippen LogP contribution in [0.4, 0.5) is 0 Å². The first-order chi connectivity index (χ1) is 6.24. The lowest BCUT2D eigenvalue weighted by Crippen LogP contribution is -1.92. The molecule has 0 atom stereocenters. The third-order valence-electron chi connectivity index (χ3n) is 2.50. The molecule has 0 N–H and O–H groups in total. The van der Waals surface area contributed by atoms with E-state index in [1.54, 1.807) is 0 Å². The van der Waals surface area contributed by atoms with E-state index < -0.39 is 0 Å². The molecule has 0 aliphatic heterocycles. The molecule has 0 aromatic carbocycles. The zero-order valence-corrected chi connectivity index (χ0v) is 8.33. The van der Waals surface area contributed by atoms with E-state index in [4.69, 9.17) is 0 Å². The van der Waals surface area contributed by atoms with E-state index in [2.05, 4.69) is 48.4 Å². The zero-order chi connectivity index (χ0) is 9.42. The first-order valence-electron chi connectivity index (χ1n) is 4.67. The van der Waals surface area contributed by atoms with Gasteiger partial charge in [0.25, 0.3) is 0 Å². The molecule has 13 heavy (non-hydrogen) atoms. The van der Waals surface area contributed by atoms with Crippen LogP contribution >= 0.6 is 0 Å². The number of aryl methyl sites for hydroxylation is 3. The molecule has 0 spiro atoms. The first kappa shape index (κ1) is 8.30. The van der Waals surface area contributed by atoms with Gasteiger partial charge in [-0.3, -0.25) is 0 Å². The number of rotatable bonds is 1. The van der Waals surface area contributed by atoms with Crippen LogP contribution in [0, 0.1) is 13.8 Å². The molecule has 2 rings (SSSR count). The average Bonchev–Trinajstić information content (AvgIpc) is 2.44. The van der Waals surface area contributed by atoms with Crippen LogP contribution < -0.4 is 0 Å². The summed E-state index contributed by atoms with van der Waals surface area (Å²) in [5, 5.41) is 0. The summed E-state index contributed by atoms with van der Waals surface area (Å²) in [7, 11) is 0. The first-order valence-corrected chi connectivity index (χ1v) is 4.67. The second-order valence-electron chi connectivity index (χ2n) is 3.36. The Labute approximate surface area is 78.2 Å². The normalized spacial score (nSPS) is 11.0. The van der Waals surface area contributed by atoms with Gasteiger partial charge in [-0.1, -0.05) is 13.0 Å². The van der Waals surface area contributed by atoms with Crippen molar-refractivity contribution in [3.8, 4) is 0 Å². The van der Waals surface area contributed by atoms with Gasteiger partial charge in [0.1, 0.15) is 5.65 Å². The maximum Gasteiger partial charge on any atom is 0.137 e. The Morgan fingerprint density at radius 1 is 1.31 bits per heavy atom. The average molecular weight is 174 g/mol. The molecule has 2 heteroatoms. The number of hydrogen-bond acceptors (Lipinski definition) is 1. The van der Waals surface area contributed by atoms with E-state index in [9.17, 15) is 0 Å². The lowest BCUT2D eigenvalue weighted by atomic mass is 10.3. The fourth-order valence-corrected chi connectivity index (χ4v) is 1.81. The number of hydrogen-bond donors (Lipinski definition) is 0. The molecule has 0 aliphatic rings. The van der Waals surface area contributed by atoms with Gasteiger partial charge in [-0.05, 0) is 32.4 Å². The van der Waals surface area contributed by atoms with Crippen LogP contribution in [0.25, 0.3) is 5.65 Å². The molecule has 0 saturated carbocycles. The summed E-state index contributed by atoms with van der Waals surface area (Å²) in [5.74, 6) is 0. The summed E-state index contributed by atoms with van der Waals surface area (Å²) in [5.41, 5.74) is 4.79. The van der Waals surface area contributed by atoms with Gasteiger partial charge in [-0.2, -0.15) is 0 Å². The second kappa shape index (κ2) is 2.87. The Morgan fingerprint density at radius 2 is 2.08 bits per heavy atom. The highest BCUT2D eigenvalue weighted by Gasteiger charge is 2.06. The van der Waals surface area contributed by atoms with E-state index in [1.807, 2.05) is 0 Å². The maximum atomic E-state index is 4.55. The second-order valence-corrected chi connectivity index (χ2v) is 3.36. The molecule has 2 heterocycles. The molecule has 0 aliphatic carbocycles. The highest BCUT2D eigenvalue weighted by Crippen LogP contribution is 2.14. The van der Waals surface area contributed by atoms with Gasteiger partial charge < -0.3 is 4.40 Å². The molecular weight excluding hydrogens is 160 g/mol. The standard InChI is InChI=1S/C11H14N2/c1-4-10-9(3)13-8(2)6-5-7-11(13)12-10/h5-7H,4H2,1-3H3. The van der Waals surface area contributed by atoms with Crippen molar-refractivity contribution in [2.75, 3.05) is 0 Å². The van der Waals surface area contributed by atoms with E-state index in [0.29, 0.717) is 0 Å². The summed E-state index contributed by atoms with van der Waals surface area (Å²) in [6, 6.07) is 6.22. The summed E-state index contributed by atoms with van der Waals surface area (Å²) < 4.78 is 2.21. The molecule has 0 unspecified atom stereocenters. The highest BCUT2D eigenvalue weighted by molar-refractivity contribution is 5.44. The van der Waals surface area contributed by atoms with E-state index >= 15 is 0 Å². The lowest BCUT2D eigenvalue weighted by molar-refractivity contribution is 0.996. The predicted molar refractivity (Wildman–Crippen MR) is 54.0 cm³/mol. The van der Waals surface area contributed by atoms with E-state index in [-0.39, 0.29) is 0 Å². The molecule has 2 aromatic heterocycles. The molecule has 68 valence electrons. The van der Waals surface area contributed by atoms with E-state index in [0.717, 1.165) is 12.1 Å². The van der Waals surface area contributed by atoms with Crippen LogP contribution in [0.3, 0.4) is 0 Å². The lowest BCUT2D eigenvalue weighted by Gasteiger charge is -2.00. The van der Waals surface area contributed by atoms with Gasteiger partial charge in [0, 0.05) is 11.4 Å². The van der Waals surface area contributed by atoms with Gasteiger partial charge in [0.05, 0.1) is 5.69 Å². The largest absolute Gasteiger partial charge is 0.301 e. The number of imidazole rings is 1. The Morgan fingerprint density at radius 3 is 2.69 bits per heavy atom. The van der Waals surface area contributed by atoms with Crippen molar-refractivity contribution < 1.29 is 0 Å². The monoisotopic (exact) mass is 174 g/mol. The van der Waals surface area contributed by atoms with Gasteiger partial charge >= 0.3 is 0 Å². The van der Waals surface area contributed by atoms with Crippen molar-refractivity contribution >= 4 is 5.65 Å². The molecule has 2 nitrogen and oxygen atoms in total. The van der Waals surface area contributed by atoms with Crippen LogP contribution in [-0.2, 0) is 6.42 Å². The molecule has 2 aromatic rings. The summed E-state index contributed by atoms with van der Waals surface area (Å²) in [4.78, 5) is 4.55. The third-order valence-corrected chi connectivity index (χ3v) is 2.50. The van der Waals surface area contributed by atoms with Crippen molar-refractivity contribution in [2.45, 2.75) is 27.2 Å². The smallest absolute Gasteiger partial charge is 0.137 e. The van der Waals surface area contributed by atoms with Crippen molar-refractivity contribution in [3.05, 3.63) is 35.3 Å². The van der Waals surface area contributed by atoms with Gasteiger partial charge in [-0.25, -0.2) is 4.98 Å². The Hall–Kier alpha value is -1.31. The SMILES string of the molecule is CCc1nc2cccc(C)n2c1C. The molecule has 0 radical (unpaired) electrons. The number of pyridine rings is 1. The Bertz CT molecular complexity index is 441. The van der Waals surface area contributed by atoms with Crippen LogP contribution in [0.1, 0.15) is 24.0 Å². The number of fused-ring (bicyclic) bond motifs is 1. The van der Waals surface area contributed by atoms with Gasteiger partial charge in [0.2, 0.25) is 0 Å². The maximum absolute atomic E-state index is 4.55. The fraction of sp³-hybridized carbons (Fsp3) is 0.364. The third kappa shape index (κ3) is 1.13. The van der Waals surface area contributed by atoms with Crippen molar-refractivity contribution in [3.63, 3.8) is 0 Å². The zero-order valence-electron chi connectivity index (χ0n) is 8.33. The minimum absolute atomic E-state index is 1.01. The summed E-state index contributed by atoms with van der Waals surface area (Å²) in [6.45, 7) is 6.39. The minimum Gasteiger partial charge on any atom is -0.301 e. The number of nitrogens with zero attached hydrogens (tertiary/aromatic N) is 2. The minimum atomic E-state index is 1.01. The summed E-state index contributed by atoms with van der Waals surface area (Å²) >= 11 is 0. The van der Waals surface area contributed by atoms with Gasteiger partial charge in [-0.15, -0.1) is 0 Å². The molecular formula is C11H14N2. The van der Waals surface area contributed by atoms with E-state index in [1.165, 1.54) is 17.1 Å². The predicted octanol–water partition coefficient (Wildman–Crippen LogP) is 2.51. The van der Waals surface area contributed by atoms with Crippen LogP contribution in [0.5, 0.6) is 0 Å². The molecule has 0 saturated heterocycles. The highest BCUT2D eigenvalue weighted by atomic mass is 15.0. The van der Waals surface area contributed by atoms with Gasteiger partial charge in [0.15, 0.2) is 0 Å². The molecule has 0 fully saturated rings. The fourth-order valence-electron chi connectivity index (χ4n) is 1.81. The van der Waals surface area contributed by atoms with Crippen molar-refractivity contribution in [1.82, 2.24) is 9.38 Å². The molecule has 0 bridgehead atoms. The van der Waals surface area contributed by atoms with Crippen LogP contribution in [-0.4, -0.2) is 9.38 Å². The Kier molecular flexibility index (Phi) is 1.83. The van der Waals surface area contributed by atoms with Crippen molar-refractivity contribution in [2.24, 2.45) is 0 Å². The van der Waals surface area contributed by atoms with Crippen LogP contribution in [0.2, 0.25) is 0 Å². The molecule has 0 amide bonds. The summed E-state index contributed by atoms with van der Waals surface area (Å²) in [6.07, 6.45) is 1.01. The van der Waals surface area contributed by atoms with Crippen LogP contribution in [0.15, 0.2) is 18.2 Å². The number of aromatic nitrogens is 2.